The zero-order valence-corrected chi connectivity index (χ0v) is 19.5. The molecule has 0 fully saturated rings. The van der Waals surface area contributed by atoms with E-state index in [1.165, 1.54) is 0 Å². The molecular formula is C24H37F3N2O3. The van der Waals surface area contributed by atoms with Gasteiger partial charge >= 0.3 is 6.18 Å². The van der Waals surface area contributed by atoms with Crippen molar-refractivity contribution in [2.75, 3.05) is 27.7 Å². The molecule has 0 bridgehead atoms. The standard InChI is InChI=1S/C24H37F3N2O3/c1-29(2,3)18-21(17-23(31)32)28-22(30)12-10-8-6-4-5-7-9-11-19-13-15-20(16-14-19)24(25,26)27/h13-16,21H,4-12,17-18H2,1-3H3,(H-,28,30,31,32)/t21-/m1/s1. The van der Waals surface area contributed by atoms with Crippen LogP contribution in [0.2, 0.25) is 0 Å². The van der Waals surface area contributed by atoms with E-state index in [-0.39, 0.29) is 12.3 Å². The first-order chi connectivity index (χ1) is 14.9. The van der Waals surface area contributed by atoms with Gasteiger partial charge in [-0.1, -0.05) is 44.2 Å². The maximum atomic E-state index is 12.6. The molecule has 1 atom stereocenters. The van der Waals surface area contributed by atoms with Crippen LogP contribution in [0.3, 0.4) is 0 Å². The number of hydrogen-bond acceptors (Lipinski definition) is 3. The highest BCUT2D eigenvalue weighted by Gasteiger charge is 2.29. The molecule has 0 saturated heterocycles. The zero-order chi connectivity index (χ0) is 24.2. The monoisotopic (exact) mass is 458 g/mol. The van der Waals surface area contributed by atoms with Gasteiger partial charge in [-0.25, -0.2) is 0 Å². The Bertz CT molecular complexity index is 698. The first kappa shape index (κ1) is 27.9. The fourth-order valence-electron chi connectivity index (χ4n) is 3.68. The number of carboxylic acids is 1. The van der Waals surface area contributed by atoms with Crippen molar-refractivity contribution in [1.82, 2.24) is 5.32 Å². The smallest absolute Gasteiger partial charge is 0.416 e. The third kappa shape index (κ3) is 13.3. The minimum atomic E-state index is -4.29. The third-order valence-electron chi connectivity index (χ3n) is 5.20. The largest absolute Gasteiger partial charge is 0.550 e. The van der Waals surface area contributed by atoms with Crippen molar-refractivity contribution < 1.29 is 32.3 Å². The second kappa shape index (κ2) is 13.5. The molecule has 1 amide bonds. The predicted molar refractivity (Wildman–Crippen MR) is 117 cm³/mol. The van der Waals surface area contributed by atoms with Crippen LogP contribution in [-0.4, -0.2) is 50.1 Å². The number of halogens is 3. The number of carbonyl (C=O) groups excluding carboxylic acids is 2. The summed E-state index contributed by atoms with van der Waals surface area (Å²) in [5, 5.41) is 13.7. The van der Waals surface area contributed by atoms with E-state index < -0.39 is 23.8 Å². The number of alkyl halides is 3. The Morgan fingerprint density at radius 2 is 1.47 bits per heavy atom. The van der Waals surface area contributed by atoms with Gasteiger partial charge in [-0.3, -0.25) is 4.79 Å². The van der Waals surface area contributed by atoms with E-state index in [2.05, 4.69) is 5.32 Å². The summed E-state index contributed by atoms with van der Waals surface area (Å²) in [4.78, 5) is 23.0. The Balaban J connectivity index is 2.11. The highest BCUT2D eigenvalue weighted by molar-refractivity contribution is 5.77. The first-order valence-corrected chi connectivity index (χ1v) is 11.3. The molecule has 0 radical (unpaired) electrons. The van der Waals surface area contributed by atoms with Gasteiger partial charge in [0.25, 0.3) is 0 Å². The highest BCUT2D eigenvalue weighted by atomic mass is 19.4. The van der Waals surface area contributed by atoms with Crippen LogP contribution in [0.1, 0.15) is 68.9 Å². The summed E-state index contributed by atoms with van der Waals surface area (Å²) < 4.78 is 38.2. The number of unbranched alkanes of at least 4 members (excludes halogenated alkanes) is 6. The van der Waals surface area contributed by atoms with Gasteiger partial charge in [-0.05, 0) is 37.0 Å². The predicted octanol–water partition coefficient (Wildman–Crippen LogP) is 3.70. The lowest BCUT2D eigenvalue weighted by Gasteiger charge is -2.30. The number of nitrogens with zero attached hydrogens (tertiary/aromatic N) is 1. The van der Waals surface area contributed by atoms with E-state index in [1.807, 2.05) is 21.1 Å². The van der Waals surface area contributed by atoms with Crippen molar-refractivity contribution >= 4 is 11.9 Å². The molecule has 1 aromatic carbocycles. The number of carboxylic acid groups (broad SMARTS) is 1. The van der Waals surface area contributed by atoms with E-state index in [4.69, 9.17) is 0 Å². The molecule has 0 aromatic heterocycles. The molecular weight excluding hydrogens is 421 g/mol. The second-order valence-corrected chi connectivity index (χ2v) is 9.48. The number of quaternary nitrogens is 1. The van der Waals surface area contributed by atoms with Crippen LogP contribution in [0.25, 0.3) is 0 Å². The van der Waals surface area contributed by atoms with Crippen molar-refractivity contribution in [1.29, 1.82) is 0 Å². The van der Waals surface area contributed by atoms with Crippen LogP contribution >= 0.6 is 0 Å². The number of amides is 1. The Hall–Kier alpha value is -2.09. The summed E-state index contributed by atoms with van der Waals surface area (Å²) in [6, 6.07) is 4.93. The summed E-state index contributed by atoms with van der Waals surface area (Å²) in [5.41, 5.74) is 0.309. The number of carbonyl (C=O) groups is 2. The van der Waals surface area contributed by atoms with Crippen LogP contribution in [0.15, 0.2) is 24.3 Å². The number of nitrogens with one attached hydrogen (secondary N) is 1. The Morgan fingerprint density at radius 1 is 0.938 bits per heavy atom. The molecule has 1 N–H and O–H groups in total. The maximum absolute atomic E-state index is 12.6. The van der Waals surface area contributed by atoms with Crippen molar-refractivity contribution in [2.24, 2.45) is 0 Å². The quantitative estimate of drug-likeness (QED) is 0.322. The normalized spacial score (nSPS) is 13.1. The van der Waals surface area contributed by atoms with E-state index in [0.717, 1.165) is 69.1 Å². The average Bonchev–Trinajstić information content (AvgIpc) is 2.64. The average molecular weight is 459 g/mol. The molecule has 0 aliphatic rings. The first-order valence-electron chi connectivity index (χ1n) is 11.3. The SMILES string of the molecule is C[N+](C)(C)C[C@@H](CC(=O)[O-])NC(=O)CCCCCCCCCc1ccc(C(F)(F)F)cc1. The molecule has 1 aromatic rings. The molecule has 32 heavy (non-hydrogen) atoms. The maximum Gasteiger partial charge on any atom is 0.416 e. The van der Waals surface area contributed by atoms with Crippen molar-refractivity contribution in [3.05, 3.63) is 35.4 Å². The Morgan fingerprint density at radius 3 is 1.97 bits per heavy atom. The van der Waals surface area contributed by atoms with Crippen LogP contribution in [0, 0.1) is 0 Å². The molecule has 0 aliphatic heterocycles. The summed E-state index contributed by atoms with van der Waals surface area (Å²) in [6.07, 6.45) is 3.50. The van der Waals surface area contributed by atoms with Gasteiger partial charge in [-0.2, -0.15) is 13.2 Å². The molecule has 0 unspecified atom stereocenters. The van der Waals surface area contributed by atoms with Gasteiger partial charge in [-0.15, -0.1) is 0 Å². The van der Waals surface area contributed by atoms with E-state index in [0.29, 0.717) is 17.4 Å². The van der Waals surface area contributed by atoms with E-state index in [9.17, 15) is 27.9 Å². The van der Waals surface area contributed by atoms with Gasteiger partial charge in [0.05, 0.1) is 39.3 Å². The molecule has 0 saturated carbocycles. The van der Waals surface area contributed by atoms with Crippen LogP contribution in [0.4, 0.5) is 13.2 Å². The number of aliphatic carboxylic acids is 1. The van der Waals surface area contributed by atoms with Gasteiger partial charge in [0.15, 0.2) is 0 Å². The number of hydrogen-bond donors (Lipinski definition) is 1. The van der Waals surface area contributed by atoms with E-state index >= 15 is 0 Å². The summed E-state index contributed by atoms with van der Waals surface area (Å²) in [5.74, 6) is -1.29. The van der Waals surface area contributed by atoms with Crippen molar-refractivity contribution in [3.8, 4) is 0 Å². The zero-order valence-electron chi connectivity index (χ0n) is 19.5. The minimum absolute atomic E-state index is 0.124. The van der Waals surface area contributed by atoms with Gasteiger partial charge < -0.3 is 19.7 Å². The topological polar surface area (TPSA) is 69.2 Å². The Kier molecular flexibility index (Phi) is 11.8. The summed E-state index contributed by atoms with van der Waals surface area (Å²) >= 11 is 0. The van der Waals surface area contributed by atoms with Gasteiger partial charge in [0.1, 0.15) is 0 Å². The molecule has 8 heteroatoms. The van der Waals surface area contributed by atoms with Gasteiger partial charge in [0, 0.05) is 18.8 Å². The minimum Gasteiger partial charge on any atom is -0.550 e. The third-order valence-corrected chi connectivity index (χ3v) is 5.20. The lowest BCUT2D eigenvalue weighted by atomic mass is 10.0. The van der Waals surface area contributed by atoms with Crippen LogP contribution in [-0.2, 0) is 22.2 Å². The molecule has 182 valence electrons. The number of aryl methyl sites for hydroxylation is 1. The molecule has 5 nitrogen and oxygen atoms in total. The van der Waals surface area contributed by atoms with Crippen LogP contribution in [0.5, 0.6) is 0 Å². The van der Waals surface area contributed by atoms with Crippen molar-refractivity contribution in [3.63, 3.8) is 0 Å². The molecule has 0 aliphatic carbocycles. The van der Waals surface area contributed by atoms with Crippen LogP contribution < -0.4 is 10.4 Å². The van der Waals surface area contributed by atoms with Crippen molar-refractivity contribution in [2.45, 2.75) is 76.4 Å². The highest BCUT2D eigenvalue weighted by Crippen LogP contribution is 2.29. The fourth-order valence-corrected chi connectivity index (χ4v) is 3.68. The second-order valence-electron chi connectivity index (χ2n) is 9.48. The molecule has 0 spiro atoms. The lowest BCUT2D eigenvalue weighted by Crippen LogP contribution is -2.50. The summed E-state index contributed by atoms with van der Waals surface area (Å²) in [7, 11) is 5.83. The number of benzene rings is 1. The van der Waals surface area contributed by atoms with E-state index in [1.54, 1.807) is 12.1 Å². The lowest BCUT2D eigenvalue weighted by molar-refractivity contribution is -0.871. The Labute approximate surface area is 189 Å². The van der Waals surface area contributed by atoms with Gasteiger partial charge in [0.2, 0.25) is 5.91 Å². The molecule has 1 rings (SSSR count). The summed E-state index contributed by atoms with van der Waals surface area (Å²) in [6.45, 7) is 0.520. The number of likely N-dealkylation sites (N-methyl/N-ethyl adjacent to an activating group) is 1. The fraction of sp³-hybridized carbons (Fsp3) is 0.667. The molecule has 0 heterocycles. The number of rotatable bonds is 15.